The van der Waals surface area contributed by atoms with E-state index in [1.165, 1.54) is 16.9 Å². The summed E-state index contributed by atoms with van der Waals surface area (Å²) in [5.74, 6) is 0.755. The van der Waals surface area contributed by atoms with E-state index in [1.807, 2.05) is 46.6 Å². The van der Waals surface area contributed by atoms with Crippen LogP contribution in [-0.2, 0) is 19.4 Å². The predicted molar refractivity (Wildman–Crippen MR) is 100 cm³/mol. The molecule has 5 heteroatoms. The molecule has 0 saturated heterocycles. The van der Waals surface area contributed by atoms with Crippen molar-refractivity contribution < 1.29 is 4.79 Å². The minimum atomic E-state index is 0.0273. The molecule has 1 N–H and O–H groups in total. The van der Waals surface area contributed by atoms with Crippen molar-refractivity contribution in [1.82, 2.24) is 15.1 Å². The molecule has 0 bridgehead atoms. The minimum Gasteiger partial charge on any atom is -0.348 e. The molecule has 1 aliphatic carbocycles. The van der Waals surface area contributed by atoms with Gasteiger partial charge in [-0.05, 0) is 42.9 Å². The van der Waals surface area contributed by atoms with Gasteiger partial charge < -0.3 is 5.32 Å². The third-order valence-corrected chi connectivity index (χ3v) is 5.81. The molecule has 2 aromatic heterocycles. The molecular weight excluding hydrogens is 330 g/mol. The van der Waals surface area contributed by atoms with Crippen molar-refractivity contribution in [2.24, 2.45) is 5.92 Å². The van der Waals surface area contributed by atoms with Crippen molar-refractivity contribution >= 4 is 17.2 Å². The zero-order valence-corrected chi connectivity index (χ0v) is 15.1. The van der Waals surface area contributed by atoms with Gasteiger partial charge in [0.1, 0.15) is 0 Å². The van der Waals surface area contributed by atoms with Crippen molar-refractivity contribution in [1.29, 1.82) is 0 Å². The summed E-state index contributed by atoms with van der Waals surface area (Å²) in [4.78, 5) is 14.0. The average Bonchev–Trinajstić information content (AvgIpc) is 3.27. The molecule has 3 aromatic rings. The third kappa shape index (κ3) is 3.37. The van der Waals surface area contributed by atoms with Gasteiger partial charge in [0.05, 0.1) is 17.4 Å². The summed E-state index contributed by atoms with van der Waals surface area (Å²) >= 11 is 1.73. The first-order valence-electron chi connectivity index (χ1n) is 8.67. The summed E-state index contributed by atoms with van der Waals surface area (Å²) < 4.78 is 1.83. The van der Waals surface area contributed by atoms with Gasteiger partial charge in [-0.1, -0.05) is 25.1 Å². The van der Waals surface area contributed by atoms with Crippen LogP contribution in [0.15, 0.2) is 48.1 Å². The number of fused-ring (bicyclic) bond motifs is 1. The molecule has 4 nitrogen and oxygen atoms in total. The lowest BCUT2D eigenvalue weighted by molar-refractivity contribution is 0.0950. The molecule has 1 aromatic carbocycles. The third-order valence-electron chi connectivity index (χ3n) is 4.76. The van der Waals surface area contributed by atoms with E-state index in [9.17, 15) is 4.79 Å². The van der Waals surface area contributed by atoms with Gasteiger partial charge in [0, 0.05) is 28.6 Å². The molecule has 0 spiro atoms. The fourth-order valence-electron chi connectivity index (χ4n) is 3.32. The zero-order valence-electron chi connectivity index (χ0n) is 14.2. The Balaban J connectivity index is 1.42. The number of para-hydroxylation sites is 1. The lowest BCUT2D eigenvalue weighted by Crippen LogP contribution is -2.24. The summed E-state index contributed by atoms with van der Waals surface area (Å²) in [5.41, 5.74) is 4.14. The Hall–Kier alpha value is -2.40. The van der Waals surface area contributed by atoms with Gasteiger partial charge in [-0.3, -0.25) is 4.79 Å². The second kappa shape index (κ2) is 6.84. The van der Waals surface area contributed by atoms with Crippen molar-refractivity contribution in [3.63, 3.8) is 0 Å². The number of hydrogen-bond acceptors (Lipinski definition) is 3. The number of nitrogens with zero attached hydrogens (tertiary/aromatic N) is 2. The first-order chi connectivity index (χ1) is 12.2. The van der Waals surface area contributed by atoms with Crippen LogP contribution < -0.4 is 5.32 Å². The Morgan fingerprint density at radius 2 is 2.20 bits per heavy atom. The maximum absolute atomic E-state index is 12.6. The molecule has 1 atom stereocenters. The van der Waals surface area contributed by atoms with Crippen LogP contribution >= 0.6 is 11.3 Å². The maximum Gasteiger partial charge on any atom is 0.252 e. The summed E-state index contributed by atoms with van der Waals surface area (Å²) in [6.45, 7) is 2.78. The first kappa shape index (κ1) is 16.1. The van der Waals surface area contributed by atoms with E-state index >= 15 is 0 Å². The molecule has 4 rings (SSSR count). The molecule has 1 amide bonds. The van der Waals surface area contributed by atoms with E-state index in [0.717, 1.165) is 35.6 Å². The molecule has 25 heavy (non-hydrogen) atoms. The highest BCUT2D eigenvalue weighted by Crippen LogP contribution is 2.32. The zero-order chi connectivity index (χ0) is 17.2. The largest absolute Gasteiger partial charge is 0.348 e. The fraction of sp³-hybridized carbons (Fsp3) is 0.300. The number of hydrogen-bond donors (Lipinski definition) is 1. The molecule has 128 valence electrons. The van der Waals surface area contributed by atoms with Gasteiger partial charge in [-0.2, -0.15) is 5.10 Å². The Morgan fingerprint density at radius 1 is 1.36 bits per heavy atom. The highest BCUT2D eigenvalue weighted by atomic mass is 32.1. The first-order valence-corrected chi connectivity index (χ1v) is 9.55. The van der Waals surface area contributed by atoms with Crippen LogP contribution in [0.25, 0.3) is 5.69 Å². The SMILES string of the molecule is CC1CCc2c(C(=O)NCc3cnn(-c4ccccc4)c3)csc2C1. The minimum absolute atomic E-state index is 0.0273. The Morgan fingerprint density at radius 3 is 3.04 bits per heavy atom. The number of thiophene rings is 1. The number of amides is 1. The molecule has 2 heterocycles. The Bertz CT molecular complexity index is 881. The van der Waals surface area contributed by atoms with Crippen LogP contribution in [0.4, 0.5) is 0 Å². The Labute approximate surface area is 151 Å². The van der Waals surface area contributed by atoms with Gasteiger partial charge >= 0.3 is 0 Å². The summed E-state index contributed by atoms with van der Waals surface area (Å²) in [7, 11) is 0. The van der Waals surface area contributed by atoms with Gasteiger partial charge in [0.25, 0.3) is 5.91 Å². The molecule has 0 saturated carbocycles. The molecular formula is C20H21N3OS. The van der Waals surface area contributed by atoms with Crippen LogP contribution in [0.2, 0.25) is 0 Å². The van der Waals surface area contributed by atoms with E-state index < -0.39 is 0 Å². The topological polar surface area (TPSA) is 46.9 Å². The number of nitrogens with one attached hydrogen (secondary N) is 1. The van der Waals surface area contributed by atoms with Crippen LogP contribution in [0.5, 0.6) is 0 Å². The molecule has 1 unspecified atom stereocenters. The lowest BCUT2D eigenvalue weighted by atomic mass is 9.88. The van der Waals surface area contributed by atoms with E-state index in [1.54, 1.807) is 17.5 Å². The maximum atomic E-state index is 12.6. The van der Waals surface area contributed by atoms with Gasteiger partial charge in [-0.15, -0.1) is 11.3 Å². The molecule has 1 aliphatic rings. The Kier molecular flexibility index (Phi) is 4.40. The molecule has 0 aliphatic heterocycles. The monoisotopic (exact) mass is 351 g/mol. The summed E-state index contributed by atoms with van der Waals surface area (Å²) in [6.07, 6.45) is 7.07. The highest BCUT2D eigenvalue weighted by Gasteiger charge is 2.23. The van der Waals surface area contributed by atoms with Crippen molar-refractivity contribution in [2.75, 3.05) is 0 Å². The van der Waals surface area contributed by atoms with Crippen LogP contribution in [0.3, 0.4) is 0 Å². The number of aromatic nitrogens is 2. The average molecular weight is 351 g/mol. The molecule has 0 fully saturated rings. The summed E-state index contributed by atoms with van der Waals surface area (Å²) in [5, 5.41) is 9.43. The number of carbonyl (C=O) groups excluding carboxylic acids is 1. The number of rotatable bonds is 4. The van der Waals surface area contributed by atoms with Crippen LogP contribution in [0, 0.1) is 5.92 Å². The van der Waals surface area contributed by atoms with E-state index in [4.69, 9.17) is 0 Å². The van der Waals surface area contributed by atoms with E-state index in [0.29, 0.717) is 6.54 Å². The predicted octanol–water partition coefficient (Wildman–Crippen LogP) is 3.99. The van der Waals surface area contributed by atoms with Gasteiger partial charge in [0.15, 0.2) is 0 Å². The van der Waals surface area contributed by atoms with E-state index in [2.05, 4.69) is 17.3 Å². The lowest BCUT2D eigenvalue weighted by Gasteiger charge is -2.18. The second-order valence-corrected chi connectivity index (χ2v) is 7.67. The summed E-state index contributed by atoms with van der Waals surface area (Å²) in [6, 6.07) is 9.97. The van der Waals surface area contributed by atoms with Crippen molar-refractivity contribution in [2.45, 2.75) is 32.7 Å². The number of benzene rings is 1. The second-order valence-electron chi connectivity index (χ2n) is 6.71. The standard InChI is InChI=1S/C20H21N3OS/c1-14-7-8-17-18(13-25-19(17)9-14)20(24)21-10-15-11-22-23(12-15)16-5-3-2-4-6-16/h2-6,11-14H,7-10H2,1H3,(H,21,24). The van der Waals surface area contributed by atoms with Gasteiger partial charge in [-0.25, -0.2) is 4.68 Å². The quantitative estimate of drug-likeness (QED) is 0.772. The normalized spacial score (nSPS) is 16.4. The van der Waals surface area contributed by atoms with Crippen molar-refractivity contribution in [3.8, 4) is 5.69 Å². The van der Waals surface area contributed by atoms with Crippen LogP contribution in [0.1, 0.15) is 39.7 Å². The highest BCUT2D eigenvalue weighted by molar-refractivity contribution is 7.10. The van der Waals surface area contributed by atoms with Crippen molar-refractivity contribution in [3.05, 3.63) is 69.7 Å². The fourth-order valence-corrected chi connectivity index (χ4v) is 4.56. The number of carbonyl (C=O) groups is 1. The van der Waals surface area contributed by atoms with E-state index in [-0.39, 0.29) is 5.91 Å². The van der Waals surface area contributed by atoms with Crippen LogP contribution in [-0.4, -0.2) is 15.7 Å². The smallest absolute Gasteiger partial charge is 0.252 e. The molecule has 0 radical (unpaired) electrons. The van der Waals surface area contributed by atoms with Gasteiger partial charge in [0.2, 0.25) is 0 Å².